The number of hydrogen-bond donors (Lipinski definition) is 1. The summed E-state index contributed by atoms with van der Waals surface area (Å²) >= 11 is 0. The van der Waals surface area contributed by atoms with E-state index in [9.17, 15) is 5.26 Å². The average molecular weight is 330 g/mol. The van der Waals surface area contributed by atoms with E-state index in [0.29, 0.717) is 28.6 Å². The molecule has 0 aromatic carbocycles. The first-order valence-electron chi connectivity index (χ1n) is 8.00. The maximum absolute atomic E-state index is 9.27. The van der Waals surface area contributed by atoms with Gasteiger partial charge in [0.2, 0.25) is 0 Å². The summed E-state index contributed by atoms with van der Waals surface area (Å²) in [4.78, 5) is 17.6. The number of aryl methyl sites for hydroxylation is 1. The van der Waals surface area contributed by atoms with Crippen molar-refractivity contribution in [1.82, 2.24) is 19.9 Å². The van der Waals surface area contributed by atoms with Crippen LogP contribution in [0.3, 0.4) is 0 Å². The van der Waals surface area contributed by atoms with Crippen LogP contribution >= 0.6 is 0 Å². The van der Waals surface area contributed by atoms with E-state index in [-0.39, 0.29) is 5.92 Å². The Kier molecular flexibility index (Phi) is 4.66. The largest absolute Gasteiger partial charge is 0.339 e. The Morgan fingerprint density at radius 2 is 1.96 bits per heavy atom. The molecule has 0 saturated carbocycles. The minimum atomic E-state index is 0.231. The Balaban J connectivity index is 2.07. The summed E-state index contributed by atoms with van der Waals surface area (Å²) in [6.07, 6.45) is 4.98. The molecule has 3 heterocycles. The summed E-state index contributed by atoms with van der Waals surface area (Å²) in [6, 6.07) is 9.64. The van der Waals surface area contributed by atoms with E-state index < -0.39 is 0 Å². The second-order valence-corrected chi connectivity index (χ2v) is 5.97. The molecule has 0 radical (unpaired) electrons. The zero-order chi connectivity index (χ0) is 17.8. The third kappa shape index (κ3) is 3.61. The summed E-state index contributed by atoms with van der Waals surface area (Å²) < 4.78 is 0. The first-order chi connectivity index (χ1) is 12.1. The lowest BCUT2D eigenvalue weighted by atomic mass is 10.1. The van der Waals surface area contributed by atoms with Crippen molar-refractivity contribution in [3.8, 4) is 17.6 Å². The van der Waals surface area contributed by atoms with E-state index in [2.05, 4.69) is 45.2 Å². The van der Waals surface area contributed by atoms with Gasteiger partial charge in [0.25, 0.3) is 0 Å². The van der Waals surface area contributed by atoms with Gasteiger partial charge in [0.15, 0.2) is 5.82 Å². The summed E-state index contributed by atoms with van der Waals surface area (Å²) in [5.41, 5.74) is 3.72. The highest BCUT2D eigenvalue weighted by Gasteiger charge is 2.14. The van der Waals surface area contributed by atoms with Crippen molar-refractivity contribution < 1.29 is 0 Å². The van der Waals surface area contributed by atoms with Crippen LogP contribution in [-0.2, 0) is 0 Å². The zero-order valence-electron chi connectivity index (χ0n) is 14.4. The lowest BCUT2D eigenvalue weighted by Gasteiger charge is -2.15. The van der Waals surface area contributed by atoms with Gasteiger partial charge in [0, 0.05) is 29.8 Å². The number of nitrogens with one attached hydrogen (secondary N) is 1. The molecule has 0 bridgehead atoms. The first kappa shape index (κ1) is 16.5. The molecule has 0 amide bonds. The highest BCUT2D eigenvalue weighted by Crippen LogP contribution is 2.28. The molecule has 0 saturated heterocycles. The van der Waals surface area contributed by atoms with Crippen molar-refractivity contribution in [2.45, 2.75) is 26.7 Å². The number of nitriles is 1. The quantitative estimate of drug-likeness (QED) is 0.778. The molecular formula is C19H18N6. The molecule has 0 aliphatic heterocycles. The fourth-order valence-electron chi connectivity index (χ4n) is 2.42. The van der Waals surface area contributed by atoms with E-state index >= 15 is 0 Å². The van der Waals surface area contributed by atoms with Gasteiger partial charge in [-0.3, -0.25) is 4.98 Å². The third-order valence-corrected chi connectivity index (χ3v) is 3.75. The molecule has 0 atom stereocenters. The van der Waals surface area contributed by atoms with Gasteiger partial charge in [-0.15, -0.1) is 0 Å². The van der Waals surface area contributed by atoms with Crippen molar-refractivity contribution >= 4 is 11.5 Å². The molecule has 25 heavy (non-hydrogen) atoms. The molecule has 6 heteroatoms. The van der Waals surface area contributed by atoms with Gasteiger partial charge in [-0.1, -0.05) is 19.9 Å². The maximum atomic E-state index is 9.27. The Bertz CT molecular complexity index is 943. The molecule has 0 spiro atoms. The molecule has 6 nitrogen and oxygen atoms in total. The smallest absolute Gasteiger partial charge is 0.180 e. The van der Waals surface area contributed by atoms with Crippen LogP contribution in [0.15, 0.2) is 42.9 Å². The maximum Gasteiger partial charge on any atom is 0.180 e. The van der Waals surface area contributed by atoms with Crippen LogP contribution in [0, 0.1) is 18.3 Å². The van der Waals surface area contributed by atoms with Gasteiger partial charge in [0.1, 0.15) is 17.6 Å². The van der Waals surface area contributed by atoms with Gasteiger partial charge in [0.05, 0.1) is 11.3 Å². The predicted octanol–water partition coefficient (Wildman–Crippen LogP) is 3.98. The standard InChI is InChI=1S/C19H18N6/c1-12(2)15-11-22-19(17-6-4-5-13(3)23-17)25-18(15)24-16-7-8-21-10-14(16)9-20/h4-8,10-12H,1-3H3,(H,21,22,24,25). The fourth-order valence-corrected chi connectivity index (χ4v) is 2.42. The summed E-state index contributed by atoms with van der Waals surface area (Å²) in [7, 11) is 0. The molecule has 0 unspecified atom stereocenters. The summed E-state index contributed by atoms with van der Waals surface area (Å²) in [5, 5.41) is 12.5. The van der Waals surface area contributed by atoms with Gasteiger partial charge in [-0.05, 0) is 31.0 Å². The molecular weight excluding hydrogens is 312 g/mol. The number of nitrogens with zero attached hydrogens (tertiary/aromatic N) is 5. The summed E-state index contributed by atoms with van der Waals surface area (Å²) in [5.74, 6) is 1.45. The Hall–Kier alpha value is -3.33. The molecule has 3 rings (SSSR count). The topological polar surface area (TPSA) is 87.4 Å². The molecule has 0 aliphatic carbocycles. The first-order valence-corrected chi connectivity index (χ1v) is 8.00. The van der Waals surface area contributed by atoms with Gasteiger partial charge in [-0.2, -0.15) is 5.26 Å². The molecule has 0 fully saturated rings. The lowest BCUT2D eigenvalue weighted by molar-refractivity contribution is 0.850. The predicted molar refractivity (Wildman–Crippen MR) is 96.3 cm³/mol. The minimum Gasteiger partial charge on any atom is -0.339 e. The molecule has 0 aliphatic rings. The highest BCUT2D eigenvalue weighted by molar-refractivity contribution is 5.67. The van der Waals surface area contributed by atoms with Crippen LogP contribution in [0.4, 0.5) is 11.5 Å². The van der Waals surface area contributed by atoms with Crippen LogP contribution in [0.25, 0.3) is 11.5 Å². The van der Waals surface area contributed by atoms with Gasteiger partial charge >= 0.3 is 0 Å². The van der Waals surface area contributed by atoms with E-state index in [1.807, 2.05) is 31.3 Å². The van der Waals surface area contributed by atoms with Crippen LogP contribution in [0.5, 0.6) is 0 Å². The third-order valence-electron chi connectivity index (χ3n) is 3.75. The van der Waals surface area contributed by atoms with Crippen molar-refractivity contribution in [2.24, 2.45) is 0 Å². The van der Waals surface area contributed by atoms with Crippen molar-refractivity contribution in [3.63, 3.8) is 0 Å². The Morgan fingerprint density at radius 1 is 1.12 bits per heavy atom. The van der Waals surface area contributed by atoms with Gasteiger partial charge in [-0.25, -0.2) is 15.0 Å². The van der Waals surface area contributed by atoms with Crippen LogP contribution in [-0.4, -0.2) is 19.9 Å². The SMILES string of the molecule is Cc1cccc(-c2ncc(C(C)C)c(Nc3ccncc3C#N)n2)n1. The van der Waals surface area contributed by atoms with Crippen molar-refractivity contribution in [3.05, 3.63) is 59.7 Å². The number of anilines is 2. The van der Waals surface area contributed by atoms with Gasteiger partial charge < -0.3 is 5.32 Å². The van der Waals surface area contributed by atoms with E-state index in [1.54, 1.807) is 12.3 Å². The second-order valence-electron chi connectivity index (χ2n) is 5.97. The van der Waals surface area contributed by atoms with E-state index in [0.717, 1.165) is 11.3 Å². The summed E-state index contributed by atoms with van der Waals surface area (Å²) in [6.45, 7) is 6.08. The second kappa shape index (κ2) is 7.05. The minimum absolute atomic E-state index is 0.231. The Morgan fingerprint density at radius 3 is 2.68 bits per heavy atom. The normalized spacial score (nSPS) is 10.5. The van der Waals surface area contributed by atoms with Crippen LogP contribution < -0.4 is 5.32 Å². The zero-order valence-corrected chi connectivity index (χ0v) is 14.4. The molecule has 124 valence electrons. The highest BCUT2D eigenvalue weighted by atomic mass is 15.0. The number of rotatable bonds is 4. The molecule has 1 N–H and O–H groups in total. The van der Waals surface area contributed by atoms with Crippen LogP contribution in [0.2, 0.25) is 0 Å². The molecule has 3 aromatic heterocycles. The fraction of sp³-hybridized carbons (Fsp3) is 0.211. The van der Waals surface area contributed by atoms with E-state index in [4.69, 9.17) is 0 Å². The van der Waals surface area contributed by atoms with Crippen LogP contribution in [0.1, 0.15) is 36.6 Å². The number of hydrogen-bond acceptors (Lipinski definition) is 6. The lowest BCUT2D eigenvalue weighted by Crippen LogP contribution is -2.05. The van der Waals surface area contributed by atoms with Crippen molar-refractivity contribution in [1.29, 1.82) is 5.26 Å². The van der Waals surface area contributed by atoms with Crippen molar-refractivity contribution in [2.75, 3.05) is 5.32 Å². The van der Waals surface area contributed by atoms with E-state index in [1.165, 1.54) is 6.20 Å². The Labute approximate surface area is 146 Å². The average Bonchev–Trinajstić information content (AvgIpc) is 2.62. The number of pyridine rings is 2. The molecule has 3 aromatic rings. The number of aromatic nitrogens is 4. The monoisotopic (exact) mass is 330 g/mol.